The molecule has 0 saturated carbocycles. The Labute approximate surface area is 98.9 Å². The first-order valence-corrected chi connectivity index (χ1v) is 5.72. The minimum absolute atomic E-state index is 0.260. The number of hydrogen-bond acceptors (Lipinski definition) is 4. The van der Waals surface area contributed by atoms with Crippen LogP contribution in [-0.2, 0) is 9.53 Å². The van der Waals surface area contributed by atoms with E-state index in [0.717, 1.165) is 26.1 Å². The van der Waals surface area contributed by atoms with Crippen LogP contribution in [0, 0.1) is 0 Å². The van der Waals surface area contributed by atoms with Crippen molar-refractivity contribution in [2.45, 2.75) is 13.3 Å². The van der Waals surface area contributed by atoms with Gasteiger partial charge in [0.2, 0.25) is 0 Å². The maximum absolute atomic E-state index is 11.0. The second-order valence-corrected chi connectivity index (χ2v) is 4.07. The molecular formula is C12H24N2O2. The molecule has 0 aliphatic rings. The molecule has 0 aliphatic heterocycles. The van der Waals surface area contributed by atoms with Gasteiger partial charge in [-0.1, -0.05) is 6.08 Å². The summed E-state index contributed by atoms with van der Waals surface area (Å²) in [5.74, 6) is -0.260. The van der Waals surface area contributed by atoms with Crippen molar-refractivity contribution in [3.05, 3.63) is 12.2 Å². The molecule has 0 aromatic rings. The van der Waals surface area contributed by atoms with Gasteiger partial charge in [-0.05, 0) is 47.6 Å². The van der Waals surface area contributed by atoms with Gasteiger partial charge in [-0.15, -0.1) is 0 Å². The van der Waals surface area contributed by atoms with E-state index in [1.54, 1.807) is 6.92 Å². The van der Waals surface area contributed by atoms with Crippen molar-refractivity contribution in [3.63, 3.8) is 0 Å². The summed E-state index contributed by atoms with van der Waals surface area (Å²) < 4.78 is 4.79. The maximum Gasteiger partial charge on any atom is 0.330 e. The van der Waals surface area contributed by atoms with E-state index in [0.29, 0.717) is 6.61 Å². The molecule has 0 saturated heterocycles. The van der Waals surface area contributed by atoms with Crippen molar-refractivity contribution in [1.82, 2.24) is 9.80 Å². The fourth-order valence-corrected chi connectivity index (χ4v) is 1.27. The fourth-order valence-electron chi connectivity index (χ4n) is 1.27. The van der Waals surface area contributed by atoms with Crippen molar-refractivity contribution in [2.75, 3.05) is 47.4 Å². The molecule has 16 heavy (non-hydrogen) atoms. The Bertz CT molecular complexity index is 215. The van der Waals surface area contributed by atoms with Gasteiger partial charge in [0, 0.05) is 12.6 Å². The number of carbonyl (C=O) groups is 1. The largest absolute Gasteiger partial charge is 0.463 e. The van der Waals surface area contributed by atoms with Crippen molar-refractivity contribution in [1.29, 1.82) is 0 Å². The first kappa shape index (κ1) is 15.1. The van der Waals surface area contributed by atoms with Crippen LogP contribution in [0.5, 0.6) is 0 Å². The van der Waals surface area contributed by atoms with Crippen LogP contribution in [0.1, 0.15) is 13.3 Å². The van der Waals surface area contributed by atoms with E-state index in [4.69, 9.17) is 4.74 Å². The van der Waals surface area contributed by atoms with E-state index in [9.17, 15) is 4.79 Å². The Kier molecular flexibility index (Phi) is 8.85. The number of rotatable bonds is 8. The van der Waals surface area contributed by atoms with Crippen LogP contribution in [-0.4, -0.2) is 63.2 Å². The lowest BCUT2D eigenvalue weighted by molar-refractivity contribution is -0.137. The summed E-state index contributed by atoms with van der Waals surface area (Å²) in [6.45, 7) is 5.14. The van der Waals surface area contributed by atoms with E-state index in [1.165, 1.54) is 6.08 Å². The van der Waals surface area contributed by atoms with E-state index in [-0.39, 0.29) is 5.97 Å². The Morgan fingerprint density at radius 2 is 1.94 bits per heavy atom. The molecule has 0 radical (unpaired) electrons. The molecule has 94 valence electrons. The van der Waals surface area contributed by atoms with Crippen LogP contribution in [0.15, 0.2) is 12.2 Å². The summed E-state index contributed by atoms with van der Waals surface area (Å²) in [5, 5.41) is 0. The average Bonchev–Trinajstić information content (AvgIpc) is 2.17. The number of likely N-dealkylation sites (N-methyl/N-ethyl adjacent to an activating group) is 1. The molecule has 0 heterocycles. The molecule has 0 N–H and O–H groups in total. The highest BCUT2D eigenvalue weighted by molar-refractivity contribution is 5.81. The van der Waals surface area contributed by atoms with Crippen LogP contribution in [0.2, 0.25) is 0 Å². The van der Waals surface area contributed by atoms with Gasteiger partial charge in [-0.3, -0.25) is 0 Å². The van der Waals surface area contributed by atoms with Crippen molar-refractivity contribution >= 4 is 5.97 Å². The Balaban J connectivity index is 3.56. The van der Waals surface area contributed by atoms with Gasteiger partial charge in [-0.25, -0.2) is 4.79 Å². The minimum atomic E-state index is -0.260. The first-order chi connectivity index (χ1) is 7.56. The highest BCUT2D eigenvalue weighted by atomic mass is 16.5. The molecule has 4 nitrogen and oxygen atoms in total. The highest BCUT2D eigenvalue weighted by Gasteiger charge is 1.97. The number of esters is 1. The van der Waals surface area contributed by atoms with Crippen LogP contribution in [0.4, 0.5) is 0 Å². The van der Waals surface area contributed by atoms with Gasteiger partial charge < -0.3 is 14.5 Å². The monoisotopic (exact) mass is 228 g/mol. The molecule has 0 spiro atoms. The minimum Gasteiger partial charge on any atom is -0.463 e. The lowest BCUT2D eigenvalue weighted by Crippen LogP contribution is -2.23. The zero-order chi connectivity index (χ0) is 12.4. The summed E-state index contributed by atoms with van der Waals surface area (Å²) in [6, 6.07) is 0. The van der Waals surface area contributed by atoms with Gasteiger partial charge in [0.05, 0.1) is 6.61 Å². The lowest BCUT2D eigenvalue weighted by Gasteiger charge is -2.16. The second-order valence-electron chi connectivity index (χ2n) is 4.07. The van der Waals surface area contributed by atoms with Crippen molar-refractivity contribution in [2.24, 2.45) is 0 Å². The molecule has 0 fully saturated rings. The normalized spacial score (nSPS) is 11.6. The van der Waals surface area contributed by atoms with Gasteiger partial charge >= 0.3 is 5.97 Å². The SMILES string of the molecule is CCOC(=O)/C=C/CN(C)CCCN(C)C. The van der Waals surface area contributed by atoms with Crippen molar-refractivity contribution < 1.29 is 9.53 Å². The average molecular weight is 228 g/mol. The van der Waals surface area contributed by atoms with Crippen LogP contribution < -0.4 is 0 Å². The summed E-state index contributed by atoms with van der Waals surface area (Å²) >= 11 is 0. The van der Waals surface area contributed by atoms with Crippen LogP contribution in [0.3, 0.4) is 0 Å². The summed E-state index contributed by atoms with van der Waals surface area (Å²) in [7, 11) is 6.19. The molecular weight excluding hydrogens is 204 g/mol. The summed E-state index contributed by atoms with van der Waals surface area (Å²) in [5.41, 5.74) is 0. The number of carbonyl (C=O) groups excluding carboxylic acids is 1. The molecule has 0 rings (SSSR count). The zero-order valence-corrected chi connectivity index (χ0v) is 10.9. The molecule has 0 atom stereocenters. The van der Waals surface area contributed by atoms with E-state index < -0.39 is 0 Å². The lowest BCUT2D eigenvalue weighted by atomic mass is 10.3. The van der Waals surface area contributed by atoms with Crippen molar-refractivity contribution in [3.8, 4) is 0 Å². The molecule has 0 unspecified atom stereocenters. The zero-order valence-electron chi connectivity index (χ0n) is 10.9. The molecule has 4 heteroatoms. The Morgan fingerprint density at radius 3 is 2.50 bits per heavy atom. The van der Waals surface area contributed by atoms with E-state index in [2.05, 4.69) is 23.9 Å². The molecule has 0 aromatic heterocycles. The quantitative estimate of drug-likeness (QED) is 0.458. The smallest absolute Gasteiger partial charge is 0.330 e. The third-order valence-corrected chi connectivity index (χ3v) is 2.10. The highest BCUT2D eigenvalue weighted by Crippen LogP contribution is 1.90. The topological polar surface area (TPSA) is 32.8 Å². The molecule has 0 bridgehead atoms. The predicted octanol–water partition coefficient (Wildman–Crippen LogP) is 0.989. The second kappa shape index (κ2) is 9.36. The predicted molar refractivity (Wildman–Crippen MR) is 66.4 cm³/mol. The number of hydrogen-bond donors (Lipinski definition) is 0. The molecule has 0 amide bonds. The molecule has 0 aromatic carbocycles. The fraction of sp³-hybridized carbons (Fsp3) is 0.750. The standard InChI is InChI=1S/C12H24N2O2/c1-5-16-12(15)8-6-10-14(4)11-7-9-13(2)3/h6,8H,5,7,9-11H2,1-4H3/b8-6+. The van der Waals surface area contributed by atoms with E-state index in [1.807, 2.05) is 13.1 Å². The van der Waals surface area contributed by atoms with Gasteiger partial charge in [0.25, 0.3) is 0 Å². The third kappa shape index (κ3) is 9.68. The maximum atomic E-state index is 11.0. The summed E-state index contributed by atoms with van der Waals surface area (Å²) in [6.07, 6.45) is 4.47. The number of ether oxygens (including phenoxy) is 1. The van der Waals surface area contributed by atoms with Crippen LogP contribution in [0.25, 0.3) is 0 Å². The summed E-state index contributed by atoms with van der Waals surface area (Å²) in [4.78, 5) is 15.3. The van der Waals surface area contributed by atoms with Gasteiger partial charge in [0.15, 0.2) is 0 Å². The third-order valence-electron chi connectivity index (χ3n) is 2.10. The van der Waals surface area contributed by atoms with Gasteiger partial charge in [0.1, 0.15) is 0 Å². The number of nitrogens with zero attached hydrogens (tertiary/aromatic N) is 2. The Morgan fingerprint density at radius 1 is 1.25 bits per heavy atom. The van der Waals surface area contributed by atoms with Crippen LogP contribution >= 0.6 is 0 Å². The Hall–Kier alpha value is -0.870. The first-order valence-electron chi connectivity index (χ1n) is 5.72. The van der Waals surface area contributed by atoms with Gasteiger partial charge in [-0.2, -0.15) is 0 Å². The molecule has 0 aliphatic carbocycles. The van der Waals surface area contributed by atoms with E-state index >= 15 is 0 Å².